The first kappa shape index (κ1) is 41.5. The lowest BCUT2D eigenvalue weighted by Crippen LogP contribution is -2.10. The van der Waals surface area contributed by atoms with Crippen LogP contribution in [0.15, 0.2) is 237 Å². The number of aromatic nitrogens is 1. The predicted octanol–water partition coefficient (Wildman–Crippen LogP) is 19.9. The Morgan fingerprint density at radius 1 is 0.324 bits per heavy atom. The Balaban J connectivity index is 0.998. The Labute approximate surface area is 419 Å². The van der Waals surface area contributed by atoms with E-state index in [0.29, 0.717) is 0 Å². The zero-order valence-corrected chi connectivity index (χ0v) is 40.8. The highest BCUT2D eigenvalue weighted by atomic mass is 32.1. The van der Waals surface area contributed by atoms with Crippen molar-refractivity contribution in [3.63, 3.8) is 0 Å². The second-order valence-corrected chi connectivity index (χ2v) is 20.8. The minimum absolute atomic E-state index is 1.10. The molecule has 3 aromatic heterocycles. The van der Waals surface area contributed by atoms with Crippen molar-refractivity contribution in [2.45, 2.75) is 13.8 Å². The molecular weight excluding hydrogens is 899 g/mol. The monoisotopic (exact) mass is 943 g/mol. The number of fused-ring (bicyclic) bond motifs is 10. The molecule has 0 aliphatic rings. The van der Waals surface area contributed by atoms with Crippen LogP contribution in [0.4, 0.5) is 34.1 Å². The molecule has 0 saturated carbocycles. The van der Waals surface area contributed by atoms with Gasteiger partial charge in [-0.25, -0.2) is 0 Å². The highest BCUT2D eigenvalue weighted by Crippen LogP contribution is 2.48. The first-order valence-electron chi connectivity index (χ1n) is 24.2. The average Bonchev–Trinajstić information content (AvgIpc) is 4.10. The fourth-order valence-electron chi connectivity index (χ4n) is 10.8. The topological polar surface area (TPSA) is 11.4 Å². The maximum atomic E-state index is 2.48. The van der Waals surface area contributed by atoms with Crippen LogP contribution in [0.3, 0.4) is 0 Å². The third-order valence-electron chi connectivity index (χ3n) is 14.3. The van der Waals surface area contributed by atoms with Crippen LogP contribution in [-0.2, 0) is 0 Å². The Kier molecular flexibility index (Phi) is 9.70. The number of anilines is 6. The Morgan fingerprint density at radius 2 is 0.817 bits per heavy atom. The lowest BCUT2D eigenvalue weighted by molar-refractivity contribution is 1.18. The normalized spacial score (nSPS) is 11.8. The van der Waals surface area contributed by atoms with Crippen LogP contribution in [0.1, 0.15) is 11.1 Å². The molecule has 0 unspecified atom stereocenters. The maximum Gasteiger partial charge on any atom is 0.0640 e. The molecule has 0 radical (unpaired) electrons. The second kappa shape index (κ2) is 16.6. The van der Waals surface area contributed by atoms with Crippen LogP contribution in [-0.4, -0.2) is 4.57 Å². The molecule has 0 saturated heterocycles. The lowest BCUT2D eigenvalue weighted by atomic mass is 10.0. The van der Waals surface area contributed by atoms with E-state index in [1.165, 1.54) is 95.5 Å². The third-order valence-corrected chi connectivity index (χ3v) is 16.7. The number of hydrogen-bond acceptors (Lipinski definition) is 4. The number of benzene rings is 11. The van der Waals surface area contributed by atoms with E-state index in [4.69, 9.17) is 0 Å². The summed E-state index contributed by atoms with van der Waals surface area (Å²) in [5.74, 6) is 0. The van der Waals surface area contributed by atoms with Gasteiger partial charge in [0.25, 0.3) is 0 Å². The van der Waals surface area contributed by atoms with Gasteiger partial charge in [-0.2, -0.15) is 0 Å². The van der Waals surface area contributed by atoms with E-state index < -0.39 is 0 Å². The van der Waals surface area contributed by atoms with Gasteiger partial charge in [-0.3, -0.25) is 0 Å². The fourth-order valence-corrected chi connectivity index (χ4v) is 13.2. The molecule has 0 bridgehead atoms. The van der Waals surface area contributed by atoms with E-state index in [-0.39, 0.29) is 0 Å². The lowest BCUT2D eigenvalue weighted by Gasteiger charge is -2.26. The molecule has 0 amide bonds. The van der Waals surface area contributed by atoms with Crippen molar-refractivity contribution in [2.75, 3.05) is 9.80 Å². The molecular formula is C66H45N3S2. The van der Waals surface area contributed by atoms with Crippen molar-refractivity contribution < 1.29 is 0 Å². The largest absolute Gasteiger partial charge is 0.309 e. The van der Waals surface area contributed by atoms with Gasteiger partial charge in [-0.15, -0.1) is 22.7 Å². The van der Waals surface area contributed by atoms with E-state index in [0.717, 1.165) is 39.5 Å². The molecule has 0 spiro atoms. The van der Waals surface area contributed by atoms with Crippen molar-refractivity contribution in [1.82, 2.24) is 4.57 Å². The molecule has 14 rings (SSSR count). The summed E-state index contributed by atoms with van der Waals surface area (Å²) in [5.41, 5.74) is 15.1. The average molecular weight is 944 g/mol. The summed E-state index contributed by atoms with van der Waals surface area (Å²) >= 11 is 3.74. The Morgan fingerprint density at radius 3 is 1.42 bits per heavy atom. The zero-order valence-electron chi connectivity index (χ0n) is 39.2. The van der Waals surface area contributed by atoms with Gasteiger partial charge in [-0.1, -0.05) is 151 Å². The summed E-state index contributed by atoms with van der Waals surface area (Å²) in [7, 11) is 0. The Bertz CT molecular complexity index is 4350. The van der Waals surface area contributed by atoms with Crippen LogP contribution < -0.4 is 9.80 Å². The molecule has 0 aliphatic heterocycles. The van der Waals surface area contributed by atoms with Gasteiger partial charge in [-0.05, 0) is 133 Å². The van der Waals surface area contributed by atoms with E-state index in [2.05, 4.69) is 265 Å². The van der Waals surface area contributed by atoms with Crippen molar-refractivity contribution >= 4 is 130 Å². The van der Waals surface area contributed by atoms with Crippen LogP contribution in [0.25, 0.3) is 89.7 Å². The van der Waals surface area contributed by atoms with Crippen molar-refractivity contribution in [3.8, 4) is 16.8 Å². The minimum atomic E-state index is 1.10. The second-order valence-electron chi connectivity index (χ2n) is 18.7. The summed E-state index contributed by atoms with van der Waals surface area (Å²) in [5, 5.41) is 9.96. The standard InChI is InChI=1S/C66H45N3S2/c1-42-22-29-48(30-23-42)67(59-18-10-16-56-54-14-6-8-20-63(54)70-65(56)59)51-35-28-46-39-58-53-37-36-52(41-62(53)69(61(58)40-47(46)38-51)50-33-26-45(27-34-50)44-12-4-3-5-13-44)68(49-31-24-43(2)25-32-49)60-19-11-17-57-55-15-7-9-21-64(55)71-66(57)60/h3-41H,1-2H3. The molecule has 3 heterocycles. The number of aryl methyl sites for hydroxylation is 2. The quantitative estimate of drug-likeness (QED) is 0.150. The summed E-state index contributed by atoms with van der Waals surface area (Å²) < 4.78 is 7.63. The molecule has 11 aromatic carbocycles. The third kappa shape index (κ3) is 6.92. The molecule has 336 valence electrons. The number of rotatable bonds is 8. The van der Waals surface area contributed by atoms with Gasteiger partial charge in [0.1, 0.15) is 0 Å². The van der Waals surface area contributed by atoms with E-state index in [9.17, 15) is 0 Å². The van der Waals surface area contributed by atoms with E-state index >= 15 is 0 Å². The van der Waals surface area contributed by atoms with Gasteiger partial charge in [0.05, 0.1) is 31.8 Å². The molecule has 71 heavy (non-hydrogen) atoms. The smallest absolute Gasteiger partial charge is 0.0640 e. The van der Waals surface area contributed by atoms with Crippen LogP contribution >= 0.6 is 22.7 Å². The van der Waals surface area contributed by atoms with Gasteiger partial charge in [0.2, 0.25) is 0 Å². The van der Waals surface area contributed by atoms with Crippen LogP contribution in [0.5, 0.6) is 0 Å². The van der Waals surface area contributed by atoms with E-state index in [1.54, 1.807) is 0 Å². The van der Waals surface area contributed by atoms with Gasteiger partial charge < -0.3 is 14.4 Å². The molecule has 14 aromatic rings. The van der Waals surface area contributed by atoms with Gasteiger partial charge >= 0.3 is 0 Å². The molecule has 0 N–H and O–H groups in total. The van der Waals surface area contributed by atoms with Crippen molar-refractivity contribution in [2.24, 2.45) is 0 Å². The Hall–Kier alpha value is -8.48. The van der Waals surface area contributed by atoms with E-state index in [1.807, 2.05) is 22.7 Å². The van der Waals surface area contributed by atoms with Crippen LogP contribution in [0.2, 0.25) is 0 Å². The molecule has 0 atom stereocenters. The zero-order chi connectivity index (χ0) is 47.2. The first-order valence-corrected chi connectivity index (χ1v) is 25.9. The summed E-state index contributed by atoms with van der Waals surface area (Å²) in [6, 6.07) is 87.7. The SMILES string of the molecule is Cc1ccc(N(c2ccc3cc4c5ccc(N(c6ccc(C)cc6)c6cccc7c6sc6ccccc67)cc5n(-c5ccc(-c6ccccc6)cc5)c4cc3c2)c2cccc3c2sc2ccccc23)cc1. The number of thiophene rings is 2. The van der Waals surface area contributed by atoms with Crippen molar-refractivity contribution in [3.05, 3.63) is 248 Å². The highest BCUT2D eigenvalue weighted by molar-refractivity contribution is 7.26. The predicted molar refractivity (Wildman–Crippen MR) is 308 cm³/mol. The maximum absolute atomic E-state index is 2.48. The molecule has 0 fully saturated rings. The minimum Gasteiger partial charge on any atom is -0.309 e. The summed E-state index contributed by atoms with van der Waals surface area (Å²) in [4.78, 5) is 4.90. The summed E-state index contributed by atoms with van der Waals surface area (Å²) in [6.07, 6.45) is 0. The molecule has 0 aliphatic carbocycles. The van der Waals surface area contributed by atoms with Crippen molar-refractivity contribution in [1.29, 1.82) is 0 Å². The molecule has 3 nitrogen and oxygen atoms in total. The summed E-state index contributed by atoms with van der Waals surface area (Å²) in [6.45, 7) is 4.32. The number of nitrogens with zero attached hydrogens (tertiary/aromatic N) is 3. The van der Waals surface area contributed by atoms with Crippen LogP contribution in [0, 0.1) is 13.8 Å². The van der Waals surface area contributed by atoms with Gasteiger partial charge in [0, 0.05) is 70.2 Å². The molecule has 5 heteroatoms. The first-order chi connectivity index (χ1) is 35.0. The fraction of sp³-hybridized carbons (Fsp3) is 0.0303. The number of hydrogen-bond donors (Lipinski definition) is 0. The van der Waals surface area contributed by atoms with Gasteiger partial charge in [0.15, 0.2) is 0 Å². The highest BCUT2D eigenvalue weighted by Gasteiger charge is 2.23.